The molecule has 3 aromatic rings. The van der Waals surface area contributed by atoms with E-state index in [1.807, 2.05) is 41.5 Å². The predicted octanol–water partition coefficient (Wildman–Crippen LogP) is 5.29. The third-order valence-corrected chi connectivity index (χ3v) is 9.93. The number of hydrogen-bond donors (Lipinski definition) is 0. The third-order valence-electron chi connectivity index (χ3n) is 8.89. The number of hydrogen-bond acceptors (Lipinski definition) is 6. The van der Waals surface area contributed by atoms with Crippen molar-refractivity contribution in [3.63, 3.8) is 0 Å². The number of benzene rings is 2. The molecule has 208 valence electrons. The second-order valence-corrected chi connectivity index (χ2v) is 12.2. The summed E-state index contributed by atoms with van der Waals surface area (Å²) in [5.74, 6) is -0.403. The highest BCUT2D eigenvalue weighted by Gasteiger charge is 2.42. The quantitative estimate of drug-likeness (QED) is 0.400. The minimum atomic E-state index is -0.321. The summed E-state index contributed by atoms with van der Waals surface area (Å²) in [5.41, 5.74) is 5.56. The van der Waals surface area contributed by atoms with Gasteiger partial charge < -0.3 is 14.7 Å². The minimum Gasteiger partial charge on any atom is -0.370 e. The van der Waals surface area contributed by atoms with E-state index in [0.29, 0.717) is 30.8 Å². The molecule has 8 heteroatoms. The molecule has 0 radical (unpaired) electrons. The molecule has 0 unspecified atom stereocenters. The Bertz CT molecular complexity index is 1440. The van der Waals surface area contributed by atoms with Crippen LogP contribution in [0.15, 0.2) is 53.9 Å². The van der Waals surface area contributed by atoms with E-state index >= 15 is 0 Å². The molecule has 2 aromatic carbocycles. The second-order valence-electron chi connectivity index (χ2n) is 11.2. The Hall–Kier alpha value is -3.65. The van der Waals surface area contributed by atoms with Gasteiger partial charge in [0.15, 0.2) is 0 Å². The van der Waals surface area contributed by atoms with E-state index in [1.54, 1.807) is 17.4 Å². The summed E-state index contributed by atoms with van der Waals surface area (Å²) < 4.78 is 0. The number of anilines is 2. The van der Waals surface area contributed by atoms with Crippen molar-refractivity contribution in [2.45, 2.75) is 39.7 Å². The van der Waals surface area contributed by atoms with Gasteiger partial charge in [-0.25, -0.2) is 0 Å². The van der Waals surface area contributed by atoms with Crippen LogP contribution in [0.5, 0.6) is 0 Å². The van der Waals surface area contributed by atoms with Crippen LogP contribution in [0, 0.1) is 19.8 Å². The number of nitrogens with zero attached hydrogens (tertiary/aromatic N) is 4. The molecule has 4 heterocycles. The van der Waals surface area contributed by atoms with Gasteiger partial charge in [-0.1, -0.05) is 24.3 Å². The van der Waals surface area contributed by atoms with Gasteiger partial charge in [-0.3, -0.25) is 19.3 Å². The summed E-state index contributed by atoms with van der Waals surface area (Å²) in [6, 6.07) is 15.5. The van der Waals surface area contributed by atoms with Gasteiger partial charge >= 0.3 is 0 Å². The molecular formula is C32H36N4O3S. The molecule has 7 nitrogen and oxygen atoms in total. The zero-order valence-corrected chi connectivity index (χ0v) is 24.2. The summed E-state index contributed by atoms with van der Waals surface area (Å²) in [6.45, 7) is 10.6. The molecule has 1 aromatic heterocycles. The molecule has 3 aliphatic rings. The standard InChI is InChI=1S/C32H36N4O3S/c1-21-8-4-11-26(22(21)2)33-15-17-34(18-16-33)30(37)24-9-6-14-35(20-24)27-12-5-10-25-29(27)32(39)36(31(25)38)23(3)28-13-7-19-40-28/h4-5,7-8,10-13,19,23-24H,6,9,14-18,20H2,1-3H3/t23-,24-/m1/s1. The maximum Gasteiger partial charge on any atom is 0.264 e. The third kappa shape index (κ3) is 4.58. The maximum atomic E-state index is 13.7. The van der Waals surface area contributed by atoms with Crippen LogP contribution in [0.3, 0.4) is 0 Å². The summed E-state index contributed by atoms with van der Waals surface area (Å²) in [6.07, 6.45) is 1.72. The molecule has 40 heavy (non-hydrogen) atoms. The average Bonchev–Trinajstić information content (AvgIpc) is 3.61. The number of carbonyl (C=O) groups excluding carboxylic acids is 3. The fourth-order valence-electron chi connectivity index (χ4n) is 6.46. The van der Waals surface area contributed by atoms with Gasteiger partial charge in [0.05, 0.1) is 28.8 Å². The number of piperidine rings is 1. The number of amides is 3. The number of fused-ring (bicyclic) bond motifs is 1. The molecule has 3 amide bonds. The topological polar surface area (TPSA) is 64.2 Å². The van der Waals surface area contributed by atoms with Crippen molar-refractivity contribution in [2.75, 3.05) is 49.1 Å². The monoisotopic (exact) mass is 556 g/mol. The zero-order valence-electron chi connectivity index (χ0n) is 23.4. The molecule has 0 N–H and O–H groups in total. The van der Waals surface area contributed by atoms with Crippen LogP contribution in [0.2, 0.25) is 0 Å². The molecule has 6 rings (SSSR count). The van der Waals surface area contributed by atoms with Crippen molar-refractivity contribution >= 4 is 40.4 Å². The SMILES string of the molecule is Cc1cccc(N2CCN(C(=O)[C@@H]3CCCN(c4cccc5c4C(=O)N([C@H](C)c4cccs4)C5=O)C3)CC2)c1C. The zero-order chi connectivity index (χ0) is 28.0. The van der Waals surface area contributed by atoms with Crippen LogP contribution < -0.4 is 9.80 Å². The van der Waals surface area contributed by atoms with Crippen LogP contribution in [0.4, 0.5) is 11.4 Å². The van der Waals surface area contributed by atoms with Gasteiger partial charge in [-0.2, -0.15) is 0 Å². The molecule has 0 aliphatic carbocycles. The number of aryl methyl sites for hydroxylation is 1. The van der Waals surface area contributed by atoms with Crippen molar-refractivity contribution < 1.29 is 14.4 Å². The first-order valence-electron chi connectivity index (χ1n) is 14.2. The summed E-state index contributed by atoms with van der Waals surface area (Å²) in [4.78, 5) is 49.6. The Morgan fingerprint density at radius 1 is 0.875 bits per heavy atom. The maximum absolute atomic E-state index is 13.7. The Labute approximate surface area is 240 Å². The van der Waals surface area contributed by atoms with E-state index in [2.05, 4.69) is 41.8 Å². The molecule has 0 spiro atoms. The smallest absolute Gasteiger partial charge is 0.264 e. The van der Waals surface area contributed by atoms with E-state index in [4.69, 9.17) is 0 Å². The Kier molecular flexibility index (Phi) is 7.13. The summed E-state index contributed by atoms with van der Waals surface area (Å²) in [5, 5.41) is 1.96. The first kappa shape index (κ1) is 26.6. The van der Waals surface area contributed by atoms with Crippen LogP contribution in [-0.4, -0.2) is 66.8 Å². The second kappa shape index (κ2) is 10.7. The molecule has 0 saturated carbocycles. The van der Waals surface area contributed by atoms with Crippen LogP contribution in [0.25, 0.3) is 0 Å². The summed E-state index contributed by atoms with van der Waals surface area (Å²) in [7, 11) is 0. The van der Waals surface area contributed by atoms with Gasteiger partial charge in [0.25, 0.3) is 11.8 Å². The number of carbonyl (C=O) groups is 3. The Morgan fingerprint density at radius 3 is 2.38 bits per heavy atom. The Morgan fingerprint density at radius 2 is 1.62 bits per heavy atom. The van der Waals surface area contributed by atoms with Crippen LogP contribution >= 0.6 is 11.3 Å². The van der Waals surface area contributed by atoms with Crippen molar-refractivity contribution in [3.05, 3.63) is 81.0 Å². The number of thiophene rings is 1. The molecule has 0 bridgehead atoms. The van der Waals surface area contributed by atoms with Crippen molar-refractivity contribution in [1.82, 2.24) is 9.80 Å². The minimum absolute atomic E-state index is 0.120. The van der Waals surface area contributed by atoms with Crippen molar-refractivity contribution in [3.8, 4) is 0 Å². The number of piperazine rings is 1. The predicted molar refractivity (Wildman–Crippen MR) is 159 cm³/mol. The number of rotatable bonds is 5. The lowest BCUT2D eigenvalue weighted by Crippen LogP contribution is -2.52. The average molecular weight is 557 g/mol. The lowest BCUT2D eigenvalue weighted by atomic mass is 9.94. The van der Waals surface area contributed by atoms with Crippen LogP contribution in [-0.2, 0) is 4.79 Å². The van der Waals surface area contributed by atoms with Gasteiger partial charge in [0, 0.05) is 49.8 Å². The molecule has 2 fully saturated rings. The van der Waals surface area contributed by atoms with E-state index in [-0.39, 0.29) is 29.7 Å². The normalized spacial score (nSPS) is 20.2. The molecular weight excluding hydrogens is 520 g/mol. The molecule has 2 saturated heterocycles. The van der Waals surface area contributed by atoms with Crippen molar-refractivity contribution in [2.24, 2.45) is 5.92 Å². The highest BCUT2D eigenvalue weighted by atomic mass is 32.1. The first-order valence-corrected chi connectivity index (χ1v) is 15.1. The van der Waals surface area contributed by atoms with E-state index in [9.17, 15) is 14.4 Å². The molecule has 3 aliphatic heterocycles. The van der Waals surface area contributed by atoms with Gasteiger partial charge in [0.2, 0.25) is 5.91 Å². The van der Waals surface area contributed by atoms with E-state index < -0.39 is 0 Å². The largest absolute Gasteiger partial charge is 0.370 e. The lowest BCUT2D eigenvalue weighted by Gasteiger charge is -2.40. The molecule has 2 atom stereocenters. The van der Waals surface area contributed by atoms with Crippen molar-refractivity contribution in [1.29, 1.82) is 0 Å². The highest BCUT2D eigenvalue weighted by molar-refractivity contribution is 7.10. The van der Waals surface area contributed by atoms with Gasteiger partial charge in [-0.15, -0.1) is 11.3 Å². The first-order chi connectivity index (χ1) is 19.3. The Balaban J connectivity index is 1.16. The van der Waals surface area contributed by atoms with Gasteiger partial charge in [0.1, 0.15) is 0 Å². The van der Waals surface area contributed by atoms with Crippen LogP contribution in [0.1, 0.15) is 62.5 Å². The fourth-order valence-corrected chi connectivity index (χ4v) is 7.23. The highest BCUT2D eigenvalue weighted by Crippen LogP contribution is 2.38. The summed E-state index contributed by atoms with van der Waals surface area (Å²) >= 11 is 1.55. The van der Waals surface area contributed by atoms with E-state index in [0.717, 1.165) is 43.0 Å². The fraction of sp³-hybridized carbons (Fsp3) is 0.406. The lowest BCUT2D eigenvalue weighted by molar-refractivity contribution is -0.136. The van der Waals surface area contributed by atoms with E-state index in [1.165, 1.54) is 21.7 Å². The van der Waals surface area contributed by atoms with Gasteiger partial charge in [-0.05, 0) is 74.4 Å². The number of imide groups is 1.